The maximum atomic E-state index is 14.7. The SMILES string of the molecule is CCCNC[C@]1(O)[C@H](C)O[C@@H](O[C@H]2[C@H](C)[C@@H](O[C@@H]3O[C@H](C)C[C@H](N(C)C(=O)N(C)c4ccccc4)[C@H]3Oc3ccccc3)[C@](C)(O)C[C@@H](C)CN[C@H](C)[C@@H](O)[C@](C)(O)[C@@H](CC)OC(=O)[C@@H]2C)C[C@@]1(C)OC. The number of nitrogens with zero attached hydrogens (tertiary/aromatic N) is 2. The van der Waals surface area contributed by atoms with Crippen LogP contribution < -0.4 is 20.3 Å². The summed E-state index contributed by atoms with van der Waals surface area (Å²) >= 11 is 0. The number of hydrogen-bond donors (Lipinski definition) is 6. The molecule has 3 saturated heterocycles. The lowest BCUT2D eigenvalue weighted by Crippen LogP contribution is -2.70. The number of para-hydroxylation sites is 2. The average Bonchev–Trinajstić information content (AvgIpc) is 3.34. The van der Waals surface area contributed by atoms with Crippen molar-refractivity contribution < 1.29 is 63.2 Å². The summed E-state index contributed by atoms with van der Waals surface area (Å²) in [5.41, 5.74) is -5.49. The fourth-order valence-corrected chi connectivity index (χ4v) is 11.0. The van der Waals surface area contributed by atoms with Gasteiger partial charge in [0.25, 0.3) is 0 Å². The Balaban J connectivity index is 1.63. The number of amides is 2. The van der Waals surface area contributed by atoms with E-state index >= 15 is 0 Å². The standard InChI is InChI=1S/C54H88N4O13/c1-15-27-55-32-54(64)38(8)67-43(30-52(54,10)65-14)70-44-35(5)47(51(9,62)29-33(3)31-56-37(7)46(59)53(11,63)42(16-2)69-48(60)36(44)6)71-49-45(68-40-25-21-18-22-26-40)41(28-34(4)66-49)58(13)50(61)57(12)39-23-19-17-20-24-39/h17-26,33-38,41-47,49,55-56,59,62-64H,15-16,27-32H2,1-14H3/t33-,34-,35+,36-,37-,38+,41+,42-,43+,44+,45-,46-,47-,49+,51-,52-,53-,54+/m1/s1. The van der Waals surface area contributed by atoms with Gasteiger partial charge in [-0.3, -0.25) is 9.69 Å². The fraction of sp³-hybridized carbons (Fsp3) is 0.741. The quantitative estimate of drug-likeness (QED) is 0.1000. The van der Waals surface area contributed by atoms with Crippen LogP contribution >= 0.6 is 0 Å². The fourth-order valence-electron chi connectivity index (χ4n) is 11.0. The van der Waals surface area contributed by atoms with Crippen molar-refractivity contribution in [1.82, 2.24) is 15.5 Å². The molecule has 2 amide bonds. The summed E-state index contributed by atoms with van der Waals surface area (Å²) in [6.45, 7) is 20.8. The lowest BCUT2D eigenvalue weighted by Gasteiger charge is -2.53. The van der Waals surface area contributed by atoms with Crippen LogP contribution in [0.25, 0.3) is 0 Å². The van der Waals surface area contributed by atoms with Gasteiger partial charge in [0.15, 0.2) is 18.7 Å². The summed E-state index contributed by atoms with van der Waals surface area (Å²) in [6.07, 6.45) is -7.56. The second-order valence-electron chi connectivity index (χ2n) is 21.4. The first-order valence-corrected chi connectivity index (χ1v) is 25.8. The maximum absolute atomic E-state index is 14.7. The molecule has 0 radical (unpaired) electrons. The Hall–Kier alpha value is -3.46. The van der Waals surface area contributed by atoms with Gasteiger partial charge in [-0.15, -0.1) is 0 Å². The molecule has 5 rings (SSSR count). The van der Waals surface area contributed by atoms with Gasteiger partial charge in [0.2, 0.25) is 0 Å². The zero-order valence-corrected chi connectivity index (χ0v) is 44.9. The van der Waals surface area contributed by atoms with E-state index in [2.05, 4.69) is 10.6 Å². The number of rotatable bonds is 14. The minimum absolute atomic E-state index is 0.0554. The predicted molar refractivity (Wildman–Crippen MR) is 271 cm³/mol. The monoisotopic (exact) mass is 1000 g/mol. The highest BCUT2D eigenvalue weighted by Gasteiger charge is 2.58. The third-order valence-corrected chi connectivity index (χ3v) is 15.6. The highest BCUT2D eigenvalue weighted by molar-refractivity contribution is 5.91. The van der Waals surface area contributed by atoms with Gasteiger partial charge >= 0.3 is 12.0 Å². The molecule has 0 aliphatic carbocycles. The van der Waals surface area contributed by atoms with E-state index in [0.717, 1.165) is 6.42 Å². The molecule has 17 heteroatoms. The average molecular weight is 1000 g/mol. The van der Waals surface area contributed by atoms with Crippen LogP contribution in [0.4, 0.5) is 10.5 Å². The zero-order valence-electron chi connectivity index (χ0n) is 44.9. The van der Waals surface area contributed by atoms with E-state index in [9.17, 15) is 30.0 Å². The van der Waals surface area contributed by atoms with Crippen LogP contribution in [0.3, 0.4) is 0 Å². The molecule has 0 saturated carbocycles. The summed E-state index contributed by atoms with van der Waals surface area (Å²) in [5, 5.41) is 55.5. The smallest absolute Gasteiger partial charge is 0.324 e. The molecule has 0 aromatic heterocycles. The lowest BCUT2D eigenvalue weighted by molar-refractivity contribution is -0.335. The summed E-state index contributed by atoms with van der Waals surface area (Å²) in [5.74, 6) is -2.40. The number of benzene rings is 2. The number of methoxy groups -OCH3 is 1. The molecule has 0 spiro atoms. The molecule has 2 aromatic rings. The Kier molecular flexibility index (Phi) is 20.3. The summed E-state index contributed by atoms with van der Waals surface area (Å²) in [4.78, 5) is 32.3. The Morgan fingerprint density at radius 1 is 0.887 bits per heavy atom. The van der Waals surface area contributed by atoms with Crippen LogP contribution in [0, 0.1) is 17.8 Å². The van der Waals surface area contributed by atoms with Gasteiger partial charge in [-0.05, 0) is 117 Å². The summed E-state index contributed by atoms with van der Waals surface area (Å²) < 4.78 is 46.6. The minimum atomic E-state index is -1.86. The Morgan fingerprint density at radius 2 is 1.52 bits per heavy atom. The first-order chi connectivity index (χ1) is 33.3. The van der Waals surface area contributed by atoms with Crippen LogP contribution in [-0.4, -0.2) is 168 Å². The molecule has 17 nitrogen and oxygen atoms in total. The van der Waals surface area contributed by atoms with Crippen molar-refractivity contribution in [3.63, 3.8) is 0 Å². The Bertz CT molecular complexity index is 1970. The first-order valence-electron chi connectivity index (χ1n) is 25.8. The van der Waals surface area contributed by atoms with Gasteiger partial charge in [-0.2, -0.15) is 0 Å². The van der Waals surface area contributed by atoms with E-state index in [1.807, 2.05) is 95.3 Å². The van der Waals surface area contributed by atoms with Crippen molar-refractivity contribution >= 4 is 17.7 Å². The van der Waals surface area contributed by atoms with E-state index < -0.39 is 108 Å². The van der Waals surface area contributed by atoms with E-state index in [-0.39, 0.29) is 37.8 Å². The molecule has 0 bridgehead atoms. The van der Waals surface area contributed by atoms with Crippen LogP contribution in [0.1, 0.15) is 108 Å². The van der Waals surface area contributed by atoms with Crippen LogP contribution in [0.2, 0.25) is 0 Å². The van der Waals surface area contributed by atoms with Gasteiger partial charge in [-0.25, -0.2) is 4.79 Å². The van der Waals surface area contributed by atoms with Gasteiger partial charge in [0, 0.05) is 51.8 Å². The first kappa shape index (κ1) is 58.4. The molecule has 3 aliphatic heterocycles. The third kappa shape index (κ3) is 13.5. The number of aliphatic hydroxyl groups is 4. The van der Waals surface area contributed by atoms with Crippen LogP contribution in [0.15, 0.2) is 60.7 Å². The second-order valence-corrected chi connectivity index (χ2v) is 21.4. The molecule has 71 heavy (non-hydrogen) atoms. The number of anilines is 1. The third-order valence-electron chi connectivity index (χ3n) is 15.6. The highest BCUT2D eigenvalue weighted by Crippen LogP contribution is 2.43. The van der Waals surface area contributed by atoms with Crippen LogP contribution in [-0.2, 0) is 33.2 Å². The van der Waals surface area contributed by atoms with E-state index in [1.54, 1.807) is 58.5 Å². The van der Waals surface area contributed by atoms with Crippen molar-refractivity contribution in [1.29, 1.82) is 0 Å². The number of nitrogens with one attached hydrogen (secondary N) is 2. The number of hydrogen-bond acceptors (Lipinski definition) is 15. The highest BCUT2D eigenvalue weighted by atomic mass is 16.7. The van der Waals surface area contributed by atoms with Crippen molar-refractivity contribution in [2.75, 3.05) is 45.7 Å². The van der Waals surface area contributed by atoms with Crippen molar-refractivity contribution in [3.05, 3.63) is 60.7 Å². The van der Waals surface area contributed by atoms with Gasteiger partial charge in [0.1, 0.15) is 34.8 Å². The second kappa shape index (κ2) is 24.7. The van der Waals surface area contributed by atoms with E-state index in [1.165, 1.54) is 14.0 Å². The van der Waals surface area contributed by atoms with E-state index in [0.29, 0.717) is 30.9 Å². The number of urea groups is 1. The minimum Gasteiger partial charge on any atom is -0.483 e. The molecule has 3 heterocycles. The molecule has 2 aromatic carbocycles. The topological polar surface area (TPSA) is 210 Å². The Labute approximate surface area is 423 Å². The number of ether oxygens (including phenoxy) is 7. The van der Waals surface area contributed by atoms with Crippen LogP contribution in [0.5, 0.6) is 5.75 Å². The van der Waals surface area contributed by atoms with Gasteiger partial charge < -0.3 is 69.1 Å². The molecular weight excluding hydrogens is 913 g/mol. The van der Waals surface area contributed by atoms with Crippen molar-refractivity contribution in [2.45, 2.75) is 198 Å². The van der Waals surface area contributed by atoms with Crippen molar-refractivity contribution in [3.8, 4) is 5.75 Å². The molecular formula is C54H88N4O13. The number of carbonyl (C=O) groups excluding carboxylic acids is 2. The Morgan fingerprint density at radius 3 is 2.13 bits per heavy atom. The normalized spacial score (nSPS) is 39.9. The molecule has 0 unspecified atom stereocenters. The number of carbonyl (C=O) groups is 2. The molecule has 18 atom stereocenters. The molecule has 402 valence electrons. The summed E-state index contributed by atoms with van der Waals surface area (Å²) in [6, 6.07) is 17.0. The zero-order chi connectivity index (χ0) is 52.6. The number of cyclic esters (lactones) is 1. The molecule has 3 fully saturated rings. The van der Waals surface area contributed by atoms with Crippen molar-refractivity contribution in [2.24, 2.45) is 17.8 Å². The molecule has 3 aliphatic rings. The largest absolute Gasteiger partial charge is 0.483 e. The van der Waals surface area contributed by atoms with E-state index in [4.69, 9.17) is 33.2 Å². The predicted octanol–water partition coefficient (Wildman–Crippen LogP) is 5.64. The summed E-state index contributed by atoms with van der Waals surface area (Å²) in [7, 11) is 4.99. The number of esters is 1. The number of likely N-dealkylation sites (N-methyl/N-ethyl adjacent to an activating group) is 1. The lowest BCUT2D eigenvalue weighted by atomic mass is 9.75. The maximum Gasteiger partial charge on any atom is 0.324 e. The van der Waals surface area contributed by atoms with Gasteiger partial charge in [-0.1, -0.05) is 64.1 Å². The molecule has 6 N–H and O–H groups in total. The number of aliphatic hydroxyl groups excluding tert-OH is 1. The van der Waals surface area contributed by atoms with Gasteiger partial charge in [0.05, 0.1) is 42.0 Å².